The van der Waals surface area contributed by atoms with E-state index in [-0.39, 0.29) is 6.08 Å². The lowest BCUT2D eigenvalue weighted by atomic mass is 9.78. The summed E-state index contributed by atoms with van der Waals surface area (Å²) < 4.78 is 65.4. The van der Waals surface area contributed by atoms with Gasteiger partial charge in [-0.1, -0.05) is 82.6 Å². The van der Waals surface area contributed by atoms with E-state index in [1.54, 1.807) is 0 Å². The average Bonchev–Trinajstić information content (AvgIpc) is 2.78. The summed E-state index contributed by atoms with van der Waals surface area (Å²) in [5, 5.41) is 0. The van der Waals surface area contributed by atoms with Gasteiger partial charge in [-0.25, -0.2) is 8.78 Å². The molecule has 0 nitrogen and oxygen atoms in total. The Kier molecular flexibility index (Phi) is 9.10. The maximum atomic E-state index is 14.2. The molecule has 5 heteroatoms. The molecular weight excluding hydrogens is 431 g/mol. The topological polar surface area (TPSA) is 0 Å². The van der Waals surface area contributed by atoms with E-state index >= 15 is 0 Å². The Morgan fingerprint density at radius 2 is 1.39 bits per heavy atom. The Labute approximate surface area is 193 Å². The summed E-state index contributed by atoms with van der Waals surface area (Å²) in [5.41, 5.74) is 1.44. The molecule has 180 valence electrons. The minimum Gasteiger partial charge on any atom is -0.206 e. The highest BCUT2D eigenvalue weighted by atomic mass is 19.4. The van der Waals surface area contributed by atoms with Gasteiger partial charge in [0.2, 0.25) is 0 Å². The lowest BCUT2D eigenvalue weighted by Gasteiger charge is -2.28. The summed E-state index contributed by atoms with van der Waals surface area (Å²) in [6, 6.07) is 9.73. The summed E-state index contributed by atoms with van der Waals surface area (Å²) >= 11 is 0. The number of alkyl halides is 3. The molecule has 1 saturated carbocycles. The van der Waals surface area contributed by atoms with Crippen LogP contribution in [-0.4, -0.2) is 6.18 Å². The normalized spacial score (nSPS) is 19.3. The molecule has 3 rings (SSSR count). The van der Waals surface area contributed by atoms with Gasteiger partial charge in [0, 0.05) is 11.6 Å². The highest BCUT2D eigenvalue weighted by molar-refractivity contribution is 5.67. The number of hydrogen-bond donors (Lipinski definition) is 0. The molecule has 0 saturated heterocycles. The molecule has 1 aliphatic rings. The van der Waals surface area contributed by atoms with Crippen LogP contribution in [0.15, 0.2) is 42.5 Å². The van der Waals surface area contributed by atoms with Crippen LogP contribution in [-0.2, 0) is 6.42 Å². The number of aryl methyl sites for hydroxylation is 1. The molecule has 0 aliphatic heterocycles. The van der Waals surface area contributed by atoms with Crippen molar-refractivity contribution in [1.82, 2.24) is 0 Å². The Morgan fingerprint density at radius 3 is 1.94 bits per heavy atom. The van der Waals surface area contributed by atoms with Crippen molar-refractivity contribution in [3.8, 4) is 11.1 Å². The third kappa shape index (κ3) is 7.97. The number of benzene rings is 2. The van der Waals surface area contributed by atoms with Gasteiger partial charge in [-0.3, -0.25) is 0 Å². The summed E-state index contributed by atoms with van der Waals surface area (Å²) in [7, 11) is 0. The van der Waals surface area contributed by atoms with Gasteiger partial charge in [0.05, 0.1) is 0 Å². The van der Waals surface area contributed by atoms with Gasteiger partial charge in [-0.2, -0.15) is 13.2 Å². The summed E-state index contributed by atoms with van der Waals surface area (Å²) in [4.78, 5) is 0. The molecule has 0 aromatic heterocycles. The standard InChI is InChI=1S/C28H33F5/c1-2-3-4-5-20-6-8-21(9-7-20)10-11-22-12-14-23(15-13-22)24-18-26(29)25(27(30)19-24)16-17-28(31,32)33/h12-21H,2-11H2,1H3/b17-16+. The molecule has 2 aromatic rings. The first-order valence-corrected chi connectivity index (χ1v) is 12.1. The molecule has 2 aromatic carbocycles. The second-order valence-electron chi connectivity index (χ2n) is 9.35. The fraction of sp³-hybridized carbons (Fsp3) is 0.500. The molecule has 0 unspecified atom stereocenters. The number of rotatable bonds is 9. The Morgan fingerprint density at radius 1 is 0.818 bits per heavy atom. The maximum Gasteiger partial charge on any atom is 0.409 e. The zero-order chi connectivity index (χ0) is 23.8. The van der Waals surface area contributed by atoms with E-state index in [1.807, 2.05) is 24.3 Å². The molecule has 0 N–H and O–H groups in total. The zero-order valence-corrected chi connectivity index (χ0v) is 19.2. The minimum absolute atomic E-state index is 0.165. The molecule has 0 heterocycles. The van der Waals surface area contributed by atoms with Crippen LogP contribution in [0.1, 0.15) is 75.8 Å². The van der Waals surface area contributed by atoms with Crippen LogP contribution in [0.2, 0.25) is 0 Å². The molecule has 0 radical (unpaired) electrons. The number of halogens is 5. The highest BCUT2D eigenvalue weighted by Crippen LogP contribution is 2.34. The van der Waals surface area contributed by atoms with Gasteiger partial charge in [0.1, 0.15) is 11.6 Å². The van der Waals surface area contributed by atoms with Crippen LogP contribution >= 0.6 is 0 Å². The van der Waals surface area contributed by atoms with Gasteiger partial charge in [0.15, 0.2) is 0 Å². The van der Waals surface area contributed by atoms with E-state index in [9.17, 15) is 22.0 Å². The molecule has 0 atom stereocenters. The van der Waals surface area contributed by atoms with E-state index in [2.05, 4.69) is 6.92 Å². The van der Waals surface area contributed by atoms with Crippen molar-refractivity contribution < 1.29 is 22.0 Å². The van der Waals surface area contributed by atoms with Gasteiger partial charge >= 0.3 is 6.18 Å². The lowest BCUT2D eigenvalue weighted by Crippen LogP contribution is -2.15. The monoisotopic (exact) mass is 464 g/mol. The zero-order valence-electron chi connectivity index (χ0n) is 19.2. The van der Waals surface area contributed by atoms with E-state index in [4.69, 9.17) is 0 Å². The summed E-state index contributed by atoms with van der Waals surface area (Å²) in [6.45, 7) is 2.25. The molecule has 0 spiro atoms. The third-order valence-corrected chi connectivity index (χ3v) is 6.83. The summed E-state index contributed by atoms with van der Waals surface area (Å²) in [6.07, 6.45) is 8.44. The van der Waals surface area contributed by atoms with Gasteiger partial charge in [-0.05, 0) is 59.6 Å². The Bertz CT molecular complexity index is 880. The van der Waals surface area contributed by atoms with Crippen molar-refractivity contribution in [3.05, 3.63) is 65.2 Å². The van der Waals surface area contributed by atoms with E-state index in [0.717, 1.165) is 36.8 Å². The van der Waals surface area contributed by atoms with Crippen LogP contribution in [0.5, 0.6) is 0 Å². The first-order valence-electron chi connectivity index (χ1n) is 12.1. The van der Waals surface area contributed by atoms with Crippen molar-refractivity contribution >= 4 is 6.08 Å². The smallest absolute Gasteiger partial charge is 0.206 e. The van der Waals surface area contributed by atoms with E-state index < -0.39 is 23.4 Å². The number of hydrogen-bond acceptors (Lipinski definition) is 0. The molecule has 1 fully saturated rings. The number of allylic oxidation sites excluding steroid dienone is 1. The van der Waals surface area contributed by atoms with Crippen LogP contribution in [0, 0.1) is 23.5 Å². The van der Waals surface area contributed by atoms with Gasteiger partial charge in [0.25, 0.3) is 0 Å². The largest absolute Gasteiger partial charge is 0.409 e. The third-order valence-electron chi connectivity index (χ3n) is 6.83. The molecule has 33 heavy (non-hydrogen) atoms. The summed E-state index contributed by atoms with van der Waals surface area (Å²) in [5.74, 6) is -0.351. The Hall–Kier alpha value is -2.17. The average molecular weight is 465 g/mol. The maximum absolute atomic E-state index is 14.2. The lowest BCUT2D eigenvalue weighted by molar-refractivity contribution is -0.0790. The quantitative estimate of drug-likeness (QED) is 0.256. The Balaban J connectivity index is 1.54. The van der Waals surface area contributed by atoms with Crippen LogP contribution in [0.25, 0.3) is 17.2 Å². The highest BCUT2D eigenvalue weighted by Gasteiger charge is 2.23. The van der Waals surface area contributed by atoms with Crippen molar-refractivity contribution in [2.75, 3.05) is 0 Å². The second-order valence-corrected chi connectivity index (χ2v) is 9.35. The van der Waals surface area contributed by atoms with Crippen molar-refractivity contribution in [2.24, 2.45) is 11.8 Å². The molecule has 0 amide bonds. The minimum atomic E-state index is -4.62. The van der Waals surface area contributed by atoms with Crippen molar-refractivity contribution in [1.29, 1.82) is 0 Å². The van der Waals surface area contributed by atoms with Crippen LogP contribution < -0.4 is 0 Å². The van der Waals surface area contributed by atoms with Crippen molar-refractivity contribution in [2.45, 2.75) is 77.3 Å². The van der Waals surface area contributed by atoms with E-state index in [0.29, 0.717) is 17.2 Å². The van der Waals surface area contributed by atoms with Crippen LogP contribution in [0.4, 0.5) is 22.0 Å². The first kappa shape index (κ1) is 25.5. The molecule has 1 aliphatic carbocycles. The fourth-order valence-electron chi connectivity index (χ4n) is 4.81. The predicted molar refractivity (Wildman–Crippen MR) is 125 cm³/mol. The first-order chi connectivity index (χ1) is 15.7. The van der Waals surface area contributed by atoms with Gasteiger partial charge in [-0.15, -0.1) is 0 Å². The second kappa shape index (κ2) is 11.8. The van der Waals surface area contributed by atoms with Gasteiger partial charge < -0.3 is 0 Å². The van der Waals surface area contributed by atoms with E-state index in [1.165, 1.54) is 56.9 Å². The van der Waals surface area contributed by atoms with Crippen molar-refractivity contribution in [3.63, 3.8) is 0 Å². The fourth-order valence-corrected chi connectivity index (χ4v) is 4.81. The number of unbranched alkanes of at least 4 members (excludes halogenated alkanes) is 2. The molecular formula is C28H33F5. The SMILES string of the molecule is CCCCCC1CCC(CCc2ccc(-c3cc(F)c(/C=C/C(F)(F)F)c(F)c3)cc2)CC1. The predicted octanol–water partition coefficient (Wildman–Crippen LogP) is 9.53. The molecule has 0 bridgehead atoms. The van der Waals surface area contributed by atoms with Crippen LogP contribution in [0.3, 0.4) is 0 Å².